The summed E-state index contributed by atoms with van der Waals surface area (Å²) >= 11 is 0. The van der Waals surface area contributed by atoms with Crippen LogP contribution in [0.4, 0.5) is 13.6 Å². The lowest BCUT2D eigenvalue weighted by molar-refractivity contribution is -0.132. The molecule has 0 bridgehead atoms. The lowest BCUT2D eigenvalue weighted by Gasteiger charge is -2.26. The maximum atomic E-state index is 14.9. The maximum absolute atomic E-state index is 14.9. The summed E-state index contributed by atoms with van der Waals surface area (Å²) in [7, 11) is 0. The highest BCUT2D eigenvalue weighted by atomic mass is 19.1. The number of hydrogen-bond donors (Lipinski definition) is 1. The van der Waals surface area contributed by atoms with E-state index in [0.717, 1.165) is 12.8 Å². The van der Waals surface area contributed by atoms with E-state index in [2.05, 4.69) is 10.3 Å². The van der Waals surface area contributed by atoms with Gasteiger partial charge >= 0.3 is 6.09 Å². The van der Waals surface area contributed by atoms with Crippen molar-refractivity contribution in [1.82, 2.24) is 15.2 Å². The van der Waals surface area contributed by atoms with E-state index in [9.17, 15) is 18.4 Å². The first kappa shape index (κ1) is 22.7. The number of amides is 2. The highest BCUT2D eigenvalue weighted by molar-refractivity contribution is 5.86. The summed E-state index contributed by atoms with van der Waals surface area (Å²) in [5.74, 6) is -1.39. The van der Waals surface area contributed by atoms with E-state index < -0.39 is 29.5 Å². The molecule has 1 saturated heterocycles. The summed E-state index contributed by atoms with van der Waals surface area (Å²) < 4.78 is 33.2. The fraction of sp³-hybridized carbons (Fsp3) is 0.435. The smallest absolute Gasteiger partial charge is 0.408 e. The molecule has 166 valence electrons. The van der Waals surface area contributed by atoms with Crippen LogP contribution in [0.1, 0.15) is 39.2 Å². The van der Waals surface area contributed by atoms with Gasteiger partial charge in [0.1, 0.15) is 17.5 Å². The van der Waals surface area contributed by atoms with Gasteiger partial charge < -0.3 is 15.0 Å². The van der Waals surface area contributed by atoms with E-state index in [1.165, 1.54) is 24.4 Å². The summed E-state index contributed by atoms with van der Waals surface area (Å²) in [5, 5.41) is 2.61. The second kappa shape index (κ2) is 9.41. The van der Waals surface area contributed by atoms with Gasteiger partial charge in [-0.05, 0) is 62.9 Å². The number of nitrogens with zero attached hydrogens (tertiary/aromatic N) is 2. The minimum Gasteiger partial charge on any atom is -0.444 e. The Morgan fingerprint density at radius 2 is 1.81 bits per heavy atom. The molecule has 2 amide bonds. The van der Waals surface area contributed by atoms with Gasteiger partial charge in [-0.3, -0.25) is 4.79 Å². The summed E-state index contributed by atoms with van der Waals surface area (Å²) in [5.41, 5.74) is 0.675. The van der Waals surface area contributed by atoms with Crippen molar-refractivity contribution in [2.24, 2.45) is 0 Å². The van der Waals surface area contributed by atoms with Gasteiger partial charge in [0.15, 0.2) is 0 Å². The lowest BCUT2D eigenvalue weighted by atomic mass is 10.00. The molecule has 1 aliphatic rings. The average Bonchev–Trinajstić information content (AvgIpc) is 3.22. The number of rotatable bonds is 5. The van der Waals surface area contributed by atoms with Crippen molar-refractivity contribution >= 4 is 12.0 Å². The molecule has 1 N–H and O–H groups in total. The Hall–Kier alpha value is -3.03. The Bertz CT molecular complexity index is 936. The van der Waals surface area contributed by atoms with Crippen molar-refractivity contribution in [1.29, 1.82) is 0 Å². The normalized spacial score (nSPS) is 14.9. The SMILES string of the molecule is CC(C)(C)OC(=O)NC(Cc1ccc(-c2ccc(F)nc2)cc1F)C(=O)N1CCCC1. The van der Waals surface area contributed by atoms with Crippen LogP contribution in [0.5, 0.6) is 0 Å². The number of likely N-dealkylation sites (tertiary alicyclic amines) is 1. The van der Waals surface area contributed by atoms with Crippen LogP contribution in [0.3, 0.4) is 0 Å². The van der Waals surface area contributed by atoms with Crippen LogP contribution in [-0.2, 0) is 16.0 Å². The van der Waals surface area contributed by atoms with E-state index >= 15 is 0 Å². The largest absolute Gasteiger partial charge is 0.444 e. The average molecular weight is 431 g/mol. The van der Waals surface area contributed by atoms with Crippen LogP contribution in [-0.4, -0.2) is 46.6 Å². The maximum Gasteiger partial charge on any atom is 0.408 e. The molecule has 0 spiro atoms. The van der Waals surface area contributed by atoms with Crippen molar-refractivity contribution < 1.29 is 23.1 Å². The first-order valence-corrected chi connectivity index (χ1v) is 10.3. The molecule has 3 rings (SSSR count). The minimum atomic E-state index is -0.944. The second-order valence-electron chi connectivity index (χ2n) is 8.61. The third-order valence-electron chi connectivity index (χ3n) is 4.94. The van der Waals surface area contributed by atoms with E-state index in [1.54, 1.807) is 37.8 Å². The summed E-state index contributed by atoms with van der Waals surface area (Å²) in [6.07, 6.45) is 2.40. The zero-order valence-electron chi connectivity index (χ0n) is 18.0. The van der Waals surface area contributed by atoms with Gasteiger partial charge in [-0.1, -0.05) is 12.1 Å². The van der Waals surface area contributed by atoms with Gasteiger partial charge in [-0.15, -0.1) is 0 Å². The first-order valence-electron chi connectivity index (χ1n) is 10.3. The van der Waals surface area contributed by atoms with Crippen molar-refractivity contribution in [3.8, 4) is 11.1 Å². The molecule has 1 unspecified atom stereocenters. The standard InChI is InChI=1S/C23H27F2N3O3/c1-23(2,3)31-22(30)27-19(21(29)28-10-4-5-11-28)13-16-7-6-15(12-18(16)24)17-8-9-20(25)26-14-17/h6-9,12,14,19H,4-5,10-11,13H2,1-3H3,(H,27,30). The van der Waals surface area contributed by atoms with Crippen molar-refractivity contribution in [2.45, 2.75) is 51.7 Å². The molecule has 2 heterocycles. The van der Waals surface area contributed by atoms with Crippen LogP contribution in [0.25, 0.3) is 11.1 Å². The van der Waals surface area contributed by atoms with Gasteiger partial charge in [0.05, 0.1) is 0 Å². The van der Waals surface area contributed by atoms with Crippen molar-refractivity contribution in [3.63, 3.8) is 0 Å². The molecule has 2 aromatic rings. The van der Waals surface area contributed by atoms with Crippen LogP contribution in [0, 0.1) is 11.8 Å². The molecule has 0 radical (unpaired) electrons. The molecule has 1 aromatic carbocycles. The number of pyridine rings is 1. The molecule has 0 aliphatic carbocycles. The van der Waals surface area contributed by atoms with Crippen LogP contribution in [0.15, 0.2) is 36.5 Å². The number of hydrogen-bond acceptors (Lipinski definition) is 4. The molecule has 1 fully saturated rings. The molecular formula is C23H27F2N3O3. The van der Waals surface area contributed by atoms with Gasteiger partial charge in [0.2, 0.25) is 11.9 Å². The predicted molar refractivity (Wildman–Crippen MR) is 112 cm³/mol. The van der Waals surface area contributed by atoms with E-state index in [4.69, 9.17) is 4.74 Å². The molecule has 8 heteroatoms. The van der Waals surface area contributed by atoms with Crippen molar-refractivity contribution in [2.75, 3.05) is 13.1 Å². The van der Waals surface area contributed by atoms with Gasteiger partial charge in [-0.2, -0.15) is 4.39 Å². The number of halogens is 2. The highest BCUT2D eigenvalue weighted by Crippen LogP contribution is 2.23. The molecule has 1 aromatic heterocycles. The molecule has 1 aliphatic heterocycles. The number of alkyl carbamates (subject to hydrolysis) is 1. The van der Waals surface area contributed by atoms with Crippen LogP contribution in [0.2, 0.25) is 0 Å². The Kier molecular flexibility index (Phi) is 6.87. The zero-order valence-corrected chi connectivity index (χ0v) is 18.0. The van der Waals surface area contributed by atoms with Gasteiger partial charge in [0, 0.05) is 31.3 Å². The minimum absolute atomic E-state index is 0.0116. The first-order chi connectivity index (χ1) is 14.6. The summed E-state index contributed by atoms with van der Waals surface area (Å²) in [4.78, 5) is 30.5. The van der Waals surface area contributed by atoms with Gasteiger partial charge in [-0.25, -0.2) is 14.2 Å². The highest BCUT2D eigenvalue weighted by Gasteiger charge is 2.30. The lowest BCUT2D eigenvalue weighted by Crippen LogP contribution is -2.50. The van der Waals surface area contributed by atoms with Crippen LogP contribution < -0.4 is 5.32 Å². The Morgan fingerprint density at radius 1 is 1.13 bits per heavy atom. The fourth-order valence-electron chi connectivity index (χ4n) is 3.47. The Labute approximate surface area is 180 Å². The Morgan fingerprint density at radius 3 is 2.39 bits per heavy atom. The Balaban J connectivity index is 1.79. The van der Waals surface area contributed by atoms with Gasteiger partial charge in [0.25, 0.3) is 0 Å². The second-order valence-corrected chi connectivity index (χ2v) is 8.61. The fourth-order valence-corrected chi connectivity index (χ4v) is 3.47. The van der Waals surface area contributed by atoms with E-state index in [0.29, 0.717) is 24.2 Å². The zero-order chi connectivity index (χ0) is 22.6. The van der Waals surface area contributed by atoms with Crippen LogP contribution >= 0.6 is 0 Å². The number of aromatic nitrogens is 1. The number of ether oxygens (including phenoxy) is 1. The molecule has 6 nitrogen and oxygen atoms in total. The number of carbonyl (C=O) groups excluding carboxylic acids is 2. The van der Waals surface area contributed by atoms with E-state index in [-0.39, 0.29) is 17.9 Å². The number of benzene rings is 1. The molecular weight excluding hydrogens is 404 g/mol. The third kappa shape index (κ3) is 6.23. The monoisotopic (exact) mass is 431 g/mol. The molecule has 31 heavy (non-hydrogen) atoms. The quantitative estimate of drug-likeness (QED) is 0.724. The summed E-state index contributed by atoms with van der Waals surface area (Å²) in [6, 6.07) is 6.33. The molecule has 1 atom stereocenters. The number of carbonyl (C=O) groups is 2. The van der Waals surface area contributed by atoms with E-state index in [1.807, 2.05) is 0 Å². The van der Waals surface area contributed by atoms with Crippen molar-refractivity contribution in [3.05, 3.63) is 53.9 Å². The summed E-state index contributed by atoms with van der Waals surface area (Å²) in [6.45, 7) is 6.42. The topological polar surface area (TPSA) is 71.5 Å². The predicted octanol–water partition coefficient (Wildman–Crippen LogP) is 4.09. The third-order valence-corrected chi connectivity index (χ3v) is 4.94. The molecule has 0 saturated carbocycles. The number of nitrogens with one attached hydrogen (secondary N) is 1.